The van der Waals surface area contributed by atoms with Gasteiger partial charge in [-0.25, -0.2) is 8.70 Å². The number of hydrogen-bond donors (Lipinski definition) is 1. The number of halogens is 1. The summed E-state index contributed by atoms with van der Waals surface area (Å²) in [7, 11) is 0. The van der Waals surface area contributed by atoms with E-state index in [-0.39, 0.29) is 12.2 Å². The van der Waals surface area contributed by atoms with Crippen molar-refractivity contribution in [1.82, 2.24) is 4.31 Å². The van der Waals surface area contributed by atoms with Crippen LogP contribution in [0.5, 0.6) is 0 Å². The molecule has 3 rings (SSSR count). The highest BCUT2D eigenvalue weighted by atomic mass is 32.2. The Hall–Kier alpha value is -2.11. The molecule has 1 heterocycles. The van der Waals surface area contributed by atoms with Crippen molar-refractivity contribution in [3.05, 3.63) is 71.6 Å². The summed E-state index contributed by atoms with van der Waals surface area (Å²) in [4.78, 5) is 11.9. The van der Waals surface area contributed by atoms with E-state index in [0.29, 0.717) is 0 Å². The monoisotopic (exact) mass is 343 g/mol. The summed E-state index contributed by atoms with van der Waals surface area (Å²) in [6.07, 6.45) is 3.18. The molecular formula is C19H18FNO2S. The van der Waals surface area contributed by atoms with E-state index in [1.165, 1.54) is 17.7 Å². The molecule has 0 radical (unpaired) electrons. The van der Waals surface area contributed by atoms with E-state index in [0.717, 1.165) is 35.5 Å². The lowest BCUT2D eigenvalue weighted by Crippen LogP contribution is -2.22. The average molecular weight is 343 g/mol. The smallest absolute Gasteiger partial charge is 0.307 e. The van der Waals surface area contributed by atoms with Crippen molar-refractivity contribution in [2.75, 3.05) is 13.1 Å². The van der Waals surface area contributed by atoms with E-state index in [1.807, 2.05) is 24.3 Å². The second kappa shape index (κ2) is 7.64. The second-order valence-electron chi connectivity index (χ2n) is 5.70. The third-order valence-corrected chi connectivity index (χ3v) is 4.87. The molecule has 0 unspecified atom stereocenters. The van der Waals surface area contributed by atoms with E-state index in [2.05, 4.69) is 10.4 Å². The van der Waals surface area contributed by atoms with Crippen LogP contribution in [0.2, 0.25) is 0 Å². The highest BCUT2D eigenvalue weighted by Gasteiger charge is 2.15. The number of carboxylic acids is 1. The van der Waals surface area contributed by atoms with Crippen molar-refractivity contribution in [3.8, 4) is 0 Å². The van der Waals surface area contributed by atoms with Crippen LogP contribution in [-0.4, -0.2) is 28.5 Å². The molecule has 0 atom stereocenters. The standard InChI is InChI=1S/C19H18FNO2S/c20-17-6-8-18(9-7-17)24-21-10-2-5-16(13-21)15-4-1-3-14(11-15)12-19(22)23/h1,3-9,11H,2,10,12-13H2,(H,22,23). The minimum Gasteiger partial charge on any atom is -0.481 e. The summed E-state index contributed by atoms with van der Waals surface area (Å²) in [6.45, 7) is 1.71. The van der Waals surface area contributed by atoms with Gasteiger partial charge in [0.05, 0.1) is 6.42 Å². The van der Waals surface area contributed by atoms with Crippen molar-refractivity contribution < 1.29 is 14.3 Å². The summed E-state index contributed by atoms with van der Waals surface area (Å²) in [6, 6.07) is 14.2. The summed E-state index contributed by atoms with van der Waals surface area (Å²) < 4.78 is 15.2. The first-order valence-electron chi connectivity index (χ1n) is 7.79. The normalized spacial score (nSPS) is 15.1. The van der Waals surface area contributed by atoms with Gasteiger partial charge in [0.2, 0.25) is 0 Å². The van der Waals surface area contributed by atoms with E-state index in [1.54, 1.807) is 24.1 Å². The Morgan fingerprint density at radius 3 is 2.75 bits per heavy atom. The predicted molar refractivity (Wildman–Crippen MR) is 94.2 cm³/mol. The molecule has 1 N–H and O–H groups in total. The summed E-state index contributed by atoms with van der Waals surface area (Å²) in [5.41, 5.74) is 3.07. The molecule has 1 aliphatic heterocycles. The van der Waals surface area contributed by atoms with Crippen LogP contribution >= 0.6 is 11.9 Å². The first-order chi connectivity index (χ1) is 11.6. The zero-order valence-electron chi connectivity index (χ0n) is 13.1. The van der Waals surface area contributed by atoms with E-state index in [9.17, 15) is 9.18 Å². The Balaban J connectivity index is 1.70. The van der Waals surface area contributed by atoms with Gasteiger partial charge < -0.3 is 5.11 Å². The Labute approximate surface area is 144 Å². The maximum atomic E-state index is 13.0. The molecule has 0 fully saturated rings. The third-order valence-electron chi connectivity index (χ3n) is 3.82. The van der Waals surface area contributed by atoms with Crippen LogP contribution in [0.25, 0.3) is 5.57 Å². The molecular weight excluding hydrogens is 325 g/mol. The molecule has 0 spiro atoms. The van der Waals surface area contributed by atoms with Gasteiger partial charge in [-0.1, -0.05) is 30.3 Å². The largest absolute Gasteiger partial charge is 0.481 e. The number of aliphatic carboxylic acids is 1. The van der Waals surface area contributed by atoms with E-state index in [4.69, 9.17) is 5.11 Å². The van der Waals surface area contributed by atoms with Gasteiger partial charge in [0.1, 0.15) is 5.82 Å². The Kier molecular flexibility index (Phi) is 5.33. The van der Waals surface area contributed by atoms with Gasteiger partial charge in [0.15, 0.2) is 0 Å². The molecule has 0 amide bonds. The van der Waals surface area contributed by atoms with Crippen LogP contribution in [0.4, 0.5) is 4.39 Å². The van der Waals surface area contributed by atoms with Gasteiger partial charge in [-0.05, 0) is 59.3 Å². The number of rotatable bonds is 5. The van der Waals surface area contributed by atoms with Gasteiger partial charge in [-0.2, -0.15) is 0 Å². The van der Waals surface area contributed by atoms with Crippen LogP contribution in [0.1, 0.15) is 17.5 Å². The number of carbonyl (C=O) groups is 1. The molecule has 0 aliphatic carbocycles. The van der Waals surface area contributed by atoms with E-state index < -0.39 is 5.97 Å². The van der Waals surface area contributed by atoms with Gasteiger partial charge in [-0.15, -0.1) is 0 Å². The van der Waals surface area contributed by atoms with Crippen LogP contribution < -0.4 is 0 Å². The fraction of sp³-hybridized carbons (Fsp3) is 0.211. The molecule has 5 heteroatoms. The molecule has 0 bridgehead atoms. The highest BCUT2D eigenvalue weighted by molar-refractivity contribution is 7.97. The van der Waals surface area contributed by atoms with Crippen molar-refractivity contribution in [3.63, 3.8) is 0 Å². The molecule has 124 valence electrons. The molecule has 3 nitrogen and oxygen atoms in total. The molecule has 0 aromatic heterocycles. The molecule has 1 aliphatic rings. The molecule has 2 aromatic carbocycles. The quantitative estimate of drug-likeness (QED) is 0.824. The van der Waals surface area contributed by atoms with Crippen LogP contribution in [-0.2, 0) is 11.2 Å². The fourth-order valence-corrected chi connectivity index (χ4v) is 3.66. The van der Waals surface area contributed by atoms with E-state index >= 15 is 0 Å². The molecule has 0 saturated heterocycles. The highest BCUT2D eigenvalue weighted by Crippen LogP contribution is 2.30. The van der Waals surface area contributed by atoms with Crippen LogP contribution in [0, 0.1) is 5.82 Å². The van der Waals surface area contributed by atoms with Crippen LogP contribution in [0.3, 0.4) is 0 Å². The van der Waals surface area contributed by atoms with Crippen molar-refractivity contribution >= 4 is 23.5 Å². The maximum absolute atomic E-state index is 13.0. The zero-order valence-corrected chi connectivity index (χ0v) is 13.9. The summed E-state index contributed by atoms with van der Waals surface area (Å²) >= 11 is 1.62. The van der Waals surface area contributed by atoms with Crippen LogP contribution in [0.15, 0.2) is 59.5 Å². The first kappa shape index (κ1) is 16.7. The molecule has 24 heavy (non-hydrogen) atoms. The Morgan fingerprint density at radius 2 is 2.00 bits per heavy atom. The Bertz CT molecular complexity index is 758. The molecule has 2 aromatic rings. The third kappa shape index (κ3) is 4.46. The molecule has 0 saturated carbocycles. The average Bonchev–Trinajstić information content (AvgIpc) is 2.57. The number of hydrogen-bond acceptors (Lipinski definition) is 3. The zero-order chi connectivity index (χ0) is 16.9. The topological polar surface area (TPSA) is 40.5 Å². The maximum Gasteiger partial charge on any atom is 0.307 e. The minimum atomic E-state index is -0.821. The number of benzene rings is 2. The Morgan fingerprint density at radius 1 is 1.21 bits per heavy atom. The van der Waals surface area contributed by atoms with Crippen molar-refractivity contribution in [1.29, 1.82) is 0 Å². The van der Waals surface area contributed by atoms with Gasteiger partial charge >= 0.3 is 5.97 Å². The lowest BCUT2D eigenvalue weighted by atomic mass is 9.99. The summed E-state index contributed by atoms with van der Waals surface area (Å²) in [5, 5.41) is 8.94. The van der Waals surface area contributed by atoms with Gasteiger partial charge in [0, 0.05) is 18.0 Å². The van der Waals surface area contributed by atoms with Crippen molar-refractivity contribution in [2.45, 2.75) is 17.7 Å². The SMILES string of the molecule is O=C(O)Cc1cccc(C2=CCCN(Sc3ccc(F)cc3)C2)c1. The fourth-order valence-electron chi connectivity index (χ4n) is 2.70. The lowest BCUT2D eigenvalue weighted by Gasteiger charge is -2.26. The number of carboxylic acid groups (broad SMARTS) is 1. The van der Waals surface area contributed by atoms with Crippen molar-refractivity contribution in [2.24, 2.45) is 0 Å². The first-order valence-corrected chi connectivity index (χ1v) is 8.56. The second-order valence-corrected chi connectivity index (χ2v) is 6.87. The minimum absolute atomic E-state index is 0.0369. The van der Waals surface area contributed by atoms with Gasteiger partial charge in [0.25, 0.3) is 0 Å². The number of nitrogens with zero attached hydrogens (tertiary/aromatic N) is 1. The lowest BCUT2D eigenvalue weighted by molar-refractivity contribution is -0.136. The predicted octanol–water partition coefficient (Wildman–Crippen LogP) is 4.25. The summed E-state index contributed by atoms with van der Waals surface area (Å²) in [5.74, 6) is -1.05. The van der Waals surface area contributed by atoms with Gasteiger partial charge in [-0.3, -0.25) is 4.79 Å².